The summed E-state index contributed by atoms with van der Waals surface area (Å²) < 4.78 is 5.16. The average Bonchev–Trinajstić information content (AvgIpc) is 2.72. The molecule has 0 aliphatic carbocycles. The molecule has 2 aromatic rings. The highest BCUT2D eigenvalue weighted by Gasteiger charge is 2.26. The molecule has 0 bridgehead atoms. The molecule has 0 aromatic heterocycles. The summed E-state index contributed by atoms with van der Waals surface area (Å²) in [5, 5.41) is 12.8. The third kappa shape index (κ3) is 2.05. The van der Waals surface area contributed by atoms with Crippen LogP contribution in [0.1, 0.15) is 5.56 Å². The quantitative estimate of drug-likeness (QED) is 0.763. The molecule has 17 heavy (non-hydrogen) atoms. The Morgan fingerprint density at radius 1 is 1.06 bits per heavy atom. The van der Waals surface area contributed by atoms with Gasteiger partial charge in [0, 0.05) is 11.4 Å². The van der Waals surface area contributed by atoms with Crippen molar-refractivity contribution < 1.29 is 9.68 Å². The number of benzene rings is 2. The van der Waals surface area contributed by atoms with Crippen LogP contribution in [-0.4, -0.2) is 12.1 Å². The number of hydrogen-bond acceptors (Lipinski definition) is 3. The van der Waals surface area contributed by atoms with E-state index in [9.17, 15) is 5.02 Å². The van der Waals surface area contributed by atoms with E-state index in [1.165, 1.54) is 0 Å². The highest BCUT2D eigenvalue weighted by Crippen LogP contribution is 2.19. The van der Waals surface area contributed by atoms with Gasteiger partial charge in [0.2, 0.25) is 0 Å². The molecule has 0 spiro atoms. The average molecular weight is 225 g/mol. The van der Waals surface area contributed by atoms with E-state index in [1.807, 2.05) is 48.5 Å². The van der Waals surface area contributed by atoms with Crippen LogP contribution in [0, 0.1) is 0 Å². The molecule has 84 valence electrons. The Morgan fingerprint density at radius 2 is 1.88 bits per heavy atom. The summed E-state index contributed by atoms with van der Waals surface area (Å²) >= 11 is 0. The third-order valence-electron chi connectivity index (χ3n) is 2.87. The number of fused-ring (bicyclic) bond motifs is 1. The minimum atomic E-state index is -0.768. The minimum Gasteiger partial charge on any atom is -0.423 e. The van der Waals surface area contributed by atoms with Gasteiger partial charge in [-0.2, -0.15) is 0 Å². The predicted molar refractivity (Wildman–Crippen MR) is 68.6 cm³/mol. The molecule has 3 rings (SSSR count). The first-order valence-corrected chi connectivity index (χ1v) is 5.57. The maximum Gasteiger partial charge on any atom is 0.491 e. The fourth-order valence-corrected chi connectivity index (χ4v) is 2.00. The van der Waals surface area contributed by atoms with E-state index < -0.39 is 7.12 Å². The van der Waals surface area contributed by atoms with Crippen LogP contribution in [0.25, 0.3) is 0 Å². The molecule has 2 aromatic carbocycles. The molecule has 0 fully saturated rings. The molecule has 0 amide bonds. The standard InChI is InChI=1S/C13H12BNO2/c16-14-13-7-6-12(8-10(13)9-17-14)15-11-4-2-1-3-5-11/h1-8,15-16H,9H2. The fourth-order valence-electron chi connectivity index (χ4n) is 2.00. The lowest BCUT2D eigenvalue weighted by atomic mass is 9.79. The van der Waals surface area contributed by atoms with Gasteiger partial charge in [-0.1, -0.05) is 24.3 Å². The largest absolute Gasteiger partial charge is 0.491 e. The summed E-state index contributed by atoms with van der Waals surface area (Å²) in [6.07, 6.45) is 0. The van der Waals surface area contributed by atoms with Crippen LogP contribution in [-0.2, 0) is 11.3 Å². The van der Waals surface area contributed by atoms with Gasteiger partial charge in [-0.3, -0.25) is 0 Å². The molecular weight excluding hydrogens is 213 g/mol. The molecule has 0 saturated carbocycles. The van der Waals surface area contributed by atoms with E-state index in [4.69, 9.17) is 4.65 Å². The smallest absolute Gasteiger partial charge is 0.423 e. The first-order chi connectivity index (χ1) is 8.33. The monoisotopic (exact) mass is 225 g/mol. The minimum absolute atomic E-state index is 0.473. The zero-order valence-corrected chi connectivity index (χ0v) is 9.26. The Labute approximate surface area is 100 Å². The predicted octanol–water partition coefficient (Wildman–Crippen LogP) is 1.65. The van der Waals surface area contributed by atoms with Crippen LogP contribution >= 0.6 is 0 Å². The fraction of sp³-hybridized carbons (Fsp3) is 0.0769. The summed E-state index contributed by atoms with van der Waals surface area (Å²) in [5.74, 6) is 0. The lowest BCUT2D eigenvalue weighted by Gasteiger charge is -2.07. The molecule has 0 atom stereocenters. The van der Waals surface area contributed by atoms with Gasteiger partial charge >= 0.3 is 7.12 Å². The van der Waals surface area contributed by atoms with Crippen molar-refractivity contribution in [1.29, 1.82) is 0 Å². The van der Waals surface area contributed by atoms with E-state index in [0.717, 1.165) is 22.4 Å². The van der Waals surface area contributed by atoms with Crippen molar-refractivity contribution in [2.75, 3.05) is 5.32 Å². The Bertz CT molecular complexity index is 530. The topological polar surface area (TPSA) is 41.5 Å². The SMILES string of the molecule is OB1OCc2cc(Nc3ccccc3)ccc21. The summed E-state index contributed by atoms with van der Waals surface area (Å²) in [7, 11) is -0.768. The van der Waals surface area contributed by atoms with Crippen molar-refractivity contribution in [1.82, 2.24) is 0 Å². The maximum atomic E-state index is 9.52. The van der Waals surface area contributed by atoms with Crippen molar-refractivity contribution >= 4 is 24.0 Å². The molecule has 0 saturated heterocycles. The van der Waals surface area contributed by atoms with Crippen molar-refractivity contribution in [2.24, 2.45) is 0 Å². The molecule has 0 radical (unpaired) electrons. The first kappa shape index (κ1) is 10.4. The van der Waals surface area contributed by atoms with Gasteiger partial charge in [0.15, 0.2) is 0 Å². The molecule has 4 heteroatoms. The van der Waals surface area contributed by atoms with Crippen LogP contribution in [0.4, 0.5) is 11.4 Å². The molecule has 1 aliphatic heterocycles. The second-order valence-electron chi connectivity index (χ2n) is 4.07. The van der Waals surface area contributed by atoms with Crippen LogP contribution < -0.4 is 10.8 Å². The van der Waals surface area contributed by atoms with Crippen LogP contribution in [0.5, 0.6) is 0 Å². The van der Waals surface area contributed by atoms with E-state index in [0.29, 0.717) is 6.61 Å². The third-order valence-corrected chi connectivity index (χ3v) is 2.87. The first-order valence-electron chi connectivity index (χ1n) is 5.57. The highest BCUT2D eigenvalue weighted by atomic mass is 16.5. The second kappa shape index (κ2) is 4.24. The van der Waals surface area contributed by atoms with Gasteiger partial charge in [0.05, 0.1) is 6.61 Å². The van der Waals surface area contributed by atoms with Crippen molar-refractivity contribution in [3.8, 4) is 0 Å². The number of para-hydroxylation sites is 1. The van der Waals surface area contributed by atoms with E-state index in [1.54, 1.807) is 0 Å². The summed E-state index contributed by atoms with van der Waals surface area (Å²) in [4.78, 5) is 0. The Balaban J connectivity index is 1.86. The molecule has 2 N–H and O–H groups in total. The Kier molecular flexibility index (Phi) is 2.59. The number of nitrogens with one attached hydrogen (secondary N) is 1. The number of hydrogen-bond donors (Lipinski definition) is 2. The molecule has 0 unspecified atom stereocenters. The molecule has 1 heterocycles. The Morgan fingerprint density at radius 3 is 2.71 bits per heavy atom. The van der Waals surface area contributed by atoms with Crippen molar-refractivity contribution in [3.05, 3.63) is 54.1 Å². The van der Waals surface area contributed by atoms with Gasteiger partial charge in [0.1, 0.15) is 0 Å². The van der Waals surface area contributed by atoms with E-state index >= 15 is 0 Å². The number of rotatable bonds is 2. The maximum absolute atomic E-state index is 9.52. The van der Waals surface area contributed by atoms with Crippen molar-refractivity contribution in [2.45, 2.75) is 6.61 Å². The van der Waals surface area contributed by atoms with Gasteiger partial charge < -0.3 is 15.0 Å². The zero-order valence-electron chi connectivity index (χ0n) is 9.26. The number of anilines is 2. The lowest BCUT2D eigenvalue weighted by Crippen LogP contribution is -2.27. The Hall–Kier alpha value is -1.78. The van der Waals surface area contributed by atoms with Crippen molar-refractivity contribution in [3.63, 3.8) is 0 Å². The zero-order chi connectivity index (χ0) is 11.7. The normalized spacial score (nSPS) is 13.6. The van der Waals surface area contributed by atoms with E-state index in [2.05, 4.69) is 5.32 Å². The lowest BCUT2D eigenvalue weighted by molar-refractivity contribution is 0.275. The van der Waals surface area contributed by atoms with E-state index in [-0.39, 0.29) is 0 Å². The van der Waals surface area contributed by atoms with Gasteiger partial charge in [-0.05, 0) is 35.3 Å². The molecular formula is C13H12BNO2. The molecule has 3 nitrogen and oxygen atoms in total. The summed E-state index contributed by atoms with van der Waals surface area (Å²) in [6, 6.07) is 15.8. The summed E-state index contributed by atoms with van der Waals surface area (Å²) in [6.45, 7) is 0.473. The van der Waals surface area contributed by atoms with Gasteiger partial charge in [-0.15, -0.1) is 0 Å². The second-order valence-corrected chi connectivity index (χ2v) is 4.07. The highest BCUT2D eigenvalue weighted by molar-refractivity contribution is 6.61. The molecule has 1 aliphatic rings. The van der Waals surface area contributed by atoms with Crippen LogP contribution in [0.3, 0.4) is 0 Å². The van der Waals surface area contributed by atoms with Crippen LogP contribution in [0.2, 0.25) is 0 Å². The van der Waals surface area contributed by atoms with Gasteiger partial charge in [-0.25, -0.2) is 0 Å². The van der Waals surface area contributed by atoms with Crippen LogP contribution in [0.15, 0.2) is 48.5 Å². The summed E-state index contributed by atoms with van der Waals surface area (Å²) in [5.41, 5.74) is 3.96. The van der Waals surface area contributed by atoms with Gasteiger partial charge in [0.25, 0.3) is 0 Å².